The molecule has 0 radical (unpaired) electrons. The Balaban J connectivity index is 1.92. The zero-order valence-corrected chi connectivity index (χ0v) is 20.0. The fourth-order valence-corrected chi connectivity index (χ4v) is 3.89. The van der Waals surface area contributed by atoms with Gasteiger partial charge in [-0.3, -0.25) is 0 Å². The SMILES string of the molecule is CCCCCCCCCCNCc1ccc(CCCCCCNCCCCN)cc1. The Kier molecular flexibility index (Phi) is 19.3. The molecule has 0 bridgehead atoms. The van der Waals surface area contributed by atoms with E-state index in [2.05, 4.69) is 41.8 Å². The minimum absolute atomic E-state index is 0.818. The molecule has 0 spiro atoms. The number of benzene rings is 1. The standard InChI is InChI=1S/C27H51N3/c1-2-3-4-5-6-7-9-14-24-30-25-27-19-17-26(18-20-27)16-11-8-10-13-22-29-23-15-12-21-28/h17-20,29-30H,2-16,21-25,28H2,1H3. The molecule has 0 saturated carbocycles. The average molecular weight is 418 g/mol. The van der Waals surface area contributed by atoms with Gasteiger partial charge >= 0.3 is 0 Å². The Bertz CT molecular complexity index is 415. The summed E-state index contributed by atoms with van der Waals surface area (Å²) in [6, 6.07) is 9.27. The Labute approximate surface area is 188 Å². The first-order valence-electron chi connectivity index (χ1n) is 13.1. The quantitative estimate of drug-likeness (QED) is 0.193. The molecule has 3 nitrogen and oxygen atoms in total. The zero-order valence-electron chi connectivity index (χ0n) is 20.0. The molecular weight excluding hydrogens is 366 g/mol. The number of nitrogens with one attached hydrogen (secondary N) is 2. The van der Waals surface area contributed by atoms with E-state index in [4.69, 9.17) is 5.73 Å². The van der Waals surface area contributed by atoms with Crippen LogP contribution in [0.5, 0.6) is 0 Å². The van der Waals surface area contributed by atoms with Crippen molar-refractivity contribution in [1.82, 2.24) is 10.6 Å². The van der Waals surface area contributed by atoms with E-state index in [0.29, 0.717) is 0 Å². The first-order valence-corrected chi connectivity index (χ1v) is 13.1. The van der Waals surface area contributed by atoms with E-state index in [-0.39, 0.29) is 0 Å². The number of rotatable bonds is 22. The van der Waals surface area contributed by atoms with Crippen LogP contribution in [0.3, 0.4) is 0 Å². The second-order valence-electron chi connectivity index (χ2n) is 8.88. The lowest BCUT2D eigenvalue weighted by Gasteiger charge is -2.07. The van der Waals surface area contributed by atoms with Gasteiger partial charge in [0.05, 0.1) is 0 Å². The van der Waals surface area contributed by atoms with Crippen molar-refractivity contribution in [2.45, 2.75) is 110 Å². The molecule has 0 aliphatic carbocycles. The largest absolute Gasteiger partial charge is 0.330 e. The van der Waals surface area contributed by atoms with Crippen molar-refractivity contribution in [3.05, 3.63) is 35.4 Å². The van der Waals surface area contributed by atoms with Crippen molar-refractivity contribution in [1.29, 1.82) is 0 Å². The fraction of sp³-hybridized carbons (Fsp3) is 0.778. The van der Waals surface area contributed by atoms with Crippen molar-refractivity contribution in [3.63, 3.8) is 0 Å². The Morgan fingerprint density at radius 3 is 1.70 bits per heavy atom. The van der Waals surface area contributed by atoms with Gasteiger partial charge in [0.2, 0.25) is 0 Å². The Morgan fingerprint density at radius 1 is 0.567 bits per heavy atom. The van der Waals surface area contributed by atoms with Gasteiger partial charge in [0.1, 0.15) is 0 Å². The molecule has 0 heterocycles. The number of aryl methyl sites for hydroxylation is 1. The minimum atomic E-state index is 0.818. The second kappa shape index (κ2) is 21.3. The zero-order chi connectivity index (χ0) is 21.5. The fourth-order valence-electron chi connectivity index (χ4n) is 3.89. The molecule has 0 aliphatic heterocycles. The summed E-state index contributed by atoms with van der Waals surface area (Å²) in [5, 5.41) is 7.12. The molecule has 0 saturated heterocycles. The van der Waals surface area contributed by atoms with E-state index in [9.17, 15) is 0 Å². The molecule has 30 heavy (non-hydrogen) atoms. The first kappa shape index (κ1) is 27.1. The molecular formula is C27H51N3. The monoisotopic (exact) mass is 417 g/mol. The summed E-state index contributed by atoms with van der Waals surface area (Å²) < 4.78 is 0. The summed E-state index contributed by atoms with van der Waals surface area (Å²) in [5.41, 5.74) is 8.41. The van der Waals surface area contributed by atoms with Crippen LogP contribution >= 0.6 is 0 Å². The maximum atomic E-state index is 5.51. The van der Waals surface area contributed by atoms with Crippen molar-refractivity contribution in [2.75, 3.05) is 26.2 Å². The van der Waals surface area contributed by atoms with Gasteiger partial charge in [-0.05, 0) is 75.8 Å². The van der Waals surface area contributed by atoms with Crippen LogP contribution < -0.4 is 16.4 Å². The summed E-state index contributed by atoms with van der Waals surface area (Å²) in [4.78, 5) is 0. The van der Waals surface area contributed by atoms with Gasteiger partial charge < -0.3 is 16.4 Å². The summed E-state index contributed by atoms with van der Waals surface area (Å²) in [6.45, 7) is 7.54. The third-order valence-corrected chi connectivity index (χ3v) is 5.94. The maximum Gasteiger partial charge on any atom is 0.0205 e. The van der Waals surface area contributed by atoms with Gasteiger partial charge in [0, 0.05) is 6.54 Å². The highest BCUT2D eigenvalue weighted by Crippen LogP contribution is 2.10. The van der Waals surface area contributed by atoms with Gasteiger partial charge in [-0.25, -0.2) is 0 Å². The molecule has 1 aromatic rings. The van der Waals surface area contributed by atoms with Crippen LogP contribution in [-0.2, 0) is 13.0 Å². The predicted molar refractivity (Wildman–Crippen MR) is 134 cm³/mol. The van der Waals surface area contributed by atoms with Crippen LogP contribution in [-0.4, -0.2) is 26.2 Å². The van der Waals surface area contributed by atoms with Gasteiger partial charge in [0.25, 0.3) is 0 Å². The topological polar surface area (TPSA) is 50.1 Å². The van der Waals surface area contributed by atoms with Gasteiger partial charge in [-0.2, -0.15) is 0 Å². The Morgan fingerprint density at radius 2 is 1.07 bits per heavy atom. The molecule has 3 heteroatoms. The second-order valence-corrected chi connectivity index (χ2v) is 8.88. The molecule has 0 unspecified atom stereocenters. The lowest BCUT2D eigenvalue weighted by atomic mass is 10.0. The number of hydrogen-bond donors (Lipinski definition) is 3. The van der Waals surface area contributed by atoms with Crippen LogP contribution in [0.15, 0.2) is 24.3 Å². The number of unbranched alkanes of at least 4 members (excludes halogenated alkanes) is 11. The maximum absolute atomic E-state index is 5.51. The predicted octanol–water partition coefficient (Wildman–Crippen LogP) is 6.35. The number of nitrogens with two attached hydrogens (primary N) is 1. The molecule has 174 valence electrons. The number of hydrogen-bond acceptors (Lipinski definition) is 3. The molecule has 1 rings (SSSR count). The van der Waals surface area contributed by atoms with Crippen molar-refractivity contribution < 1.29 is 0 Å². The summed E-state index contributed by atoms with van der Waals surface area (Å²) in [6.07, 6.45) is 20.0. The third kappa shape index (κ3) is 16.8. The molecule has 4 N–H and O–H groups in total. The highest BCUT2D eigenvalue weighted by Gasteiger charge is 1.97. The molecule has 0 aromatic heterocycles. The summed E-state index contributed by atoms with van der Waals surface area (Å²) >= 11 is 0. The molecule has 1 aromatic carbocycles. The smallest absolute Gasteiger partial charge is 0.0205 e. The van der Waals surface area contributed by atoms with Crippen LogP contribution in [0, 0.1) is 0 Å². The summed E-state index contributed by atoms with van der Waals surface area (Å²) in [7, 11) is 0. The first-order chi connectivity index (χ1) is 14.9. The highest BCUT2D eigenvalue weighted by molar-refractivity contribution is 5.22. The van der Waals surface area contributed by atoms with Crippen molar-refractivity contribution >= 4 is 0 Å². The lowest BCUT2D eigenvalue weighted by molar-refractivity contribution is 0.555. The lowest BCUT2D eigenvalue weighted by Crippen LogP contribution is -2.17. The van der Waals surface area contributed by atoms with Crippen LogP contribution in [0.2, 0.25) is 0 Å². The van der Waals surface area contributed by atoms with E-state index >= 15 is 0 Å². The average Bonchev–Trinajstić information content (AvgIpc) is 2.77. The van der Waals surface area contributed by atoms with E-state index in [0.717, 1.165) is 39.1 Å². The van der Waals surface area contributed by atoms with Gasteiger partial charge in [-0.1, -0.05) is 89.0 Å². The molecule has 0 atom stereocenters. The molecule has 0 amide bonds. The van der Waals surface area contributed by atoms with E-state index in [1.165, 1.54) is 101 Å². The normalized spacial score (nSPS) is 11.3. The van der Waals surface area contributed by atoms with Crippen LogP contribution in [0.4, 0.5) is 0 Å². The van der Waals surface area contributed by atoms with Crippen molar-refractivity contribution in [3.8, 4) is 0 Å². The molecule has 0 fully saturated rings. The van der Waals surface area contributed by atoms with Crippen LogP contribution in [0.25, 0.3) is 0 Å². The van der Waals surface area contributed by atoms with Gasteiger partial charge in [-0.15, -0.1) is 0 Å². The van der Waals surface area contributed by atoms with Crippen molar-refractivity contribution in [2.24, 2.45) is 5.73 Å². The Hall–Kier alpha value is -0.900. The van der Waals surface area contributed by atoms with Crippen LogP contribution in [0.1, 0.15) is 108 Å². The molecule has 0 aliphatic rings. The minimum Gasteiger partial charge on any atom is -0.330 e. The third-order valence-electron chi connectivity index (χ3n) is 5.94. The summed E-state index contributed by atoms with van der Waals surface area (Å²) in [5.74, 6) is 0. The van der Waals surface area contributed by atoms with E-state index < -0.39 is 0 Å². The van der Waals surface area contributed by atoms with E-state index in [1.54, 1.807) is 0 Å². The van der Waals surface area contributed by atoms with E-state index in [1.807, 2.05) is 0 Å². The van der Waals surface area contributed by atoms with Gasteiger partial charge in [0.15, 0.2) is 0 Å². The highest BCUT2D eigenvalue weighted by atomic mass is 14.8.